The van der Waals surface area contributed by atoms with Gasteiger partial charge in [0.05, 0.1) is 17.4 Å². The molecule has 2 atom stereocenters. The first-order chi connectivity index (χ1) is 17.4. The summed E-state index contributed by atoms with van der Waals surface area (Å²) in [6.45, 7) is 10.6. The number of aromatic nitrogens is 3. The SMILES string of the molecule is CC(C)N1CCN(c2ccc(Nc3ncc4c(n3)N3C(C4)C(=O)NCC34CCCCC4)nc2)CC1C. The van der Waals surface area contributed by atoms with Gasteiger partial charge in [0.25, 0.3) is 0 Å². The van der Waals surface area contributed by atoms with Crippen LogP contribution in [0, 0.1) is 0 Å². The highest BCUT2D eigenvalue weighted by molar-refractivity contribution is 5.90. The number of nitrogens with zero attached hydrogens (tertiary/aromatic N) is 6. The van der Waals surface area contributed by atoms with Gasteiger partial charge in [0.1, 0.15) is 17.7 Å². The van der Waals surface area contributed by atoms with E-state index in [1.807, 2.05) is 18.5 Å². The van der Waals surface area contributed by atoms with Crippen LogP contribution in [-0.2, 0) is 11.2 Å². The maximum atomic E-state index is 12.7. The number of rotatable bonds is 4. The maximum Gasteiger partial charge on any atom is 0.243 e. The number of pyridine rings is 1. The molecule has 2 saturated heterocycles. The molecule has 2 aromatic heterocycles. The van der Waals surface area contributed by atoms with Crippen molar-refractivity contribution in [2.24, 2.45) is 0 Å². The number of nitrogens with one attached hydrogen (secondary N) is 2. The zero-order chi connectivity index (χ0) is 24.9. The Labute approximate surface area is 213 Å². The van der Waals surface area contributed by atoms with Crippen molar-refractivity contribution in [1.82, 2.24) is 25.2 Å². The van der Waals surface area contributed by atoms with Gasteiger partial charge in [0.2, 0.25) is 11.9 Å². The van der Waals surface area contributed by atoms with Crippen molar-refractivity contribution in [2.75, 3.05) is 41.3 Å². The van der Waals surface area contributed by atoms with Crippen molar-refractivity contribution in [3.8, 4) is 0 Å². The first-order valence-corrected chi connectivity index (χ1v) is 13.6. The number of piperazine rings is 2. The monoisotopic (exact) mass is 490 g/mol. The summed E-state index contributed by atoms with van der Waals surface area (Å²) in [7, 11) is 0. The van der Waals surface area contributed by atoms with Gasteiger partial charge in [-0.05, 0) is 45.7 Å². The lowest BCUT2D eigenvalue weighted by molar-refractivity contribution is -0.124. The fourth-order valence-electron chi connectivity index (χ4n) is 6.84. The van der Waals surface area contributed by atoms with Crippen LogP contribution < -0.4 is 20.4 Å². The van der Waals surface area contributed by atoms with Gasteiger partial charge in [0, 0.05) is 56.4 Å². The van der Waals surface area contributed by atoms with Crippen LogP contribution in [0.15, 0.2) is 24.5 Å². The standard InChI is InChI=1S/C27H38N8O/c1-18(2)34-12-11-33(16-19(34)3)21-7-8-23(28-15-21)31-26-29-14-20-13-22-25(36)30-17-27(9-5-4-6-10-27)35(22)24(20)32-26/h7-8,14-15,18-19,22H,4-6,9-13,16-17H2,1-3H3,(H,30,36)(H,28,29,31,32). The molecule has 2 aromatic rings. The van der Waals surface area contributed by atoms with Crippen molar-refractivity contribution in [1.29, 1.82) is 0 Å². The average Bonchev–Trinajstić information content (AvgIpc) is 3.28. The Hall–Kier alpha value is -2.94. The number of hydrogen-bond acceptors (Lipinski definition) is 8. The predicted octanol–water partition coefficient (Wildman–Crippen LogP) is 3.10. The highest BCUT2D eigenvalue weighted by atomic mass is 16.2. The summed E-state index contributed by atoms with van der Waals surface area (Å²) in [5, 5.41) is 6.49. The molecule has 6 rings (SSSR count). The van der Waals surface area contributed by atoms with E-state index in [4.69, 9.17) is 4.98 Å². The summed E-state index contributed by atoms with van der Waals surface area (Å²) in [4.78, 5) is 34.2. The van der Waals surface area contributed by atoms with Gasteiger partial charge in [-0.2, -0.15) is 4.98 Å². The van der Waals surface area contributed by atoms with E-state index in [9.17, 15) is 4.79 Å². The van der Waals surface area contributed by atoms with Crippen molar-refractivity contribution in [2.45, 2.75) is 83.0 Å². The summed E-state index contributed by atoms with van der Waals surface area (Å²) in [6.07, 6.45) is 10.4. The van der Waals surface area contributed by atoms with Crippen LogP contribution in [0.2, 0.25) is 0 Å². The van der Waals surface area contributed by atoms with Crippen LogP contribution in [0.25, 0.3) is 0 Å². The summed E-state index contributed by atoms with van der Waals surface area (Å²) in [5.74, 6) is 2.29. The Morgan fingerprint density at radius 3 is 2.67 bits per heavy atom. The van der Waals surface area contributed by atoms with Gasteiger partial charge in [-0.3, -0.25) is 9.69 Å². The minimum absolute atomic E-state index is 0.0235. The smallest absolute Gasteiger partial charge is 0.243 e. The molecule has 192 valence electrons. The third-order valence-electron chi connectivity index (χ3n) is 8.68. The maximum absolute atomic E-state index is 12.7. The second-order valence-electron chi connectivity index (χ2n) is 11.3. The summed E-state index contributed by atoms with van der Waals surface area (Å²) < 4.78 is 0. The molecule has 9 nitrogen and oxygen atoms in total. The van der Waals surface area contributed by atoms with E-state index in [1.54, 1.807) is 0 Å². The number of carbonyl (C=O) groups is 1. The number of carbonyl (C=O) groups excluding carboxylic acids is 1. The van der Waals surface area contributed by atoms with E-state index in [2.05, 4.69) is 62.1 Å². The third-order valence-corrected chi connectivity index (χ3v) is 8.68. The number of fused-ring (bicyclic) bond motifs is 4. The summed E-state index contributed by atoms with van der Waals surface area (Å²) >= 11 is 0. The molecule has 4 aliphatic rings. The molecule has 1 amide bonds. The summed E-state index contributed by atoms with van der Waals surface area (Å²) in [6, 6.07) is 5.05. The van der Waals surface area contributed by atoms with Gasteiger partial charge >= 0.3 is 0 Å². The van der Waals surface area contributed by atoms with Gasteiger partial charge in [-0.1, -0.05) is 19.3 Å². The first kappa shape index (κ1) is 23.5. The van der Waals surface area contributed by atoms with Crippen LogP contribution in [0.4, 0.5) is 23.3 Å². The van der Waals surface area contributed by atoms with Crippen LogP contribution in [0.1, 0.15) is 58.4 Å². The molecule has 2 unspecified atom stereocenters. The minimum Gasteiger partial charge on any atom is -0.367 e. The number of amides is 1. The Kier molecular flexibility index (Phi) is 5.98. The molecule has 0 aromatic carbocycles. The highest BCUT2D eigenvalue weighted by Gasteiger charge is 2.51. The predicted molar refractivity (Wildman–Crippen MR) is 142 cm³/mol. The zero-order valence-electron chi connectivity index (χ0n) is 21.7. The zero-order valence-corrected chi connectivity index (χ0v) is 21.7. The molecular weight excluding hydrogens is 452 g/mol. The molecule has 1 spiro atoms. The Balaban J connectivity index is 1.19. The molecule has 0 bridgehead atoms. The molecule has 1 aliphatic carbocycles. The normalized spacial score (nSPS) is 25.6. The number of anilines is 4. The minimum atomic E-state index is -0.174. The van der Waals surface area contributed by atoms with Crippen molar-refractivity contribution in [3.05, 3.63) is 30.1 Å². The first-order valence-electron chi connectivity index (χ1n) is 13.6. The van der Waals surface area contributed by atoms with E-state index in [0.717, 1.165) is 55.4 Å². The van der Waals surface area contributed by atoms with Crippen LogP contribution in [0.5, 0.6) is 0 Å². The molecule has 9 heteroatoms. The van der Waals surface area contributed by atoms with E-state index >= 15 is 0 Å². The van der Waals surface area contributed by atoms with Crippen molar-refractivity contribution < 1.29 is 4.79 Å². The summed E-state index contributed by atoms with van der Waals surface area (Å²) in [5.41, 5.74) is 2.18. The second kappa shape index (κ2) is 9.18. The van der Waals surface area contributed by atoms with Crippen molar-refractivity contribution >= 4 is 29.2 Å². The van der Waals surface area contributed by atoms with E-state index < -0.39 is 0 Å². The van der Waals surface area contributed by atoms with Gasteiger partial charge in [-0.15, -0.1) is 0 Å². The van der Waals surface area contributed by atoms with Crippen LogP contribution in [0.3, 0.4) is 0 Å². The lowest BCUT2D eigenvalue weighted by Crippen LogP contribution is -2.67. The molecule has 1 saturated carbocycles. The highest BCUT2D eigenvalue weighted by Crippen LogP contribution is 2.44. The molecule has 2 N–H and O–H groups in total. The second-order valence-corrected chi connectivity index (χ2v) is 11.3. The molecular formula is C27H38N8O. The lowest BCUT2D eigenvalue weighted by atomic mass is 9.78. The molecule has 3 fully saturated rings. The largest absolute Gasteiger partial charge is 0.367 e. The topological polar surface area (TPSA) is 89.5 Å². The average molecular weight is 491 g/mol. The molecule has 36 heavy (non-hydrogen) atoms. The molecule has 0 radical (unpaired) electrons. The Morgan fingerprint density at radius 1 is 1.11 bits per heavy atom. The van der Waals surface area contributed by atoms with Gasteiger partial charge in [-0.25, -0.2) is 9.97 Å². The Morgan fingerprint density at radius 2 is 1.94 bits per heavy atom. The van der Waals surface area contributed by atoms with Crippen LogP contribution >= 0.6 is 0 Å². The van der Waals surface area contributed by atoms with Gasteiger partial charge < -0.3 is 20.4 Å². The fourth-order valence-corrected chi connectivity index (χ4v) is 6.84. The third kappa shape index (κ3) is 4.07. The fraction of sp³-hybridized carbons (Fsp3) is 0.630. The molecule has 5 heterocycles. The quantitative estimate of drug-likeness (QED) is 0.676. The van der Waals surface area contributed by atoms with E-state index in [0.29, 0.717) is 31.0 Å². The Bertz CT molecular complexity index is 1110. The van der Waals surface area contributed by atoms with E-state index in [1.165, 1.54) is 19.3 Å². The lowest BCUT2D eigenvalue weighted by Gasteiger charge is -2.51. The van der Waals surface area contributed by atoms with Crippen molar-refractivity contribution in [3.63, 3.8) is 0 Å². The van der Waals surface area contributed by atoms with Gasteiger partial charge in [0.15, 0.2) is 0 Å². The molecule has 3 aliphatic heterocycles. The number of hydrogen-bond donors (Lipinski definition) is 2. The van der Waals surface area contributed by atoms with Crippen LogP contribution in [-0.4, -0.2) is 75.6 Å². The van der Waals surface area contributed by atoms with E-state index in [-0.39, 0.29) is 17.5 Å².